The maximum atomic E-state index is 4.29. The molecule has 2 rings (SSSR count). The van der Waals surface area contributed by atoms with Gasteiger partial charge in [0.05, 0.1) is 0 Å². The van der Waals surface area contributed by atoms with Gasteiger partial charge in [-0.25, -0.2) is 0 Å². The summed E-state index contributed by atoms with van der Waals surface area (Å²) in [5.74, 6) is 0. The molecule has 0 saturated carbocycles. The van der Waals surface area contributed by atoms with E-state index in [9.17, 15) is 0 Å². The van der Waals surface area contributed by atoms with E-state index >= 15 is 0 Å². The standard InChI is InChI=1S/C15H22N4/c1-4-17-15(13-9-12(2)10-16-11-13)6-5-14-7-8-18-19(14)3/h7-11,15,17H,4-6H2,1-3H3. The number of rotatable bonds is 6. The van der Waals surface area contributed by atoms with E-state index in [1.54, 1.807) is 0 Å². The van der Waals surface area contributed by atoms with Crippen LogP contribution >= 0.6 is 0 Å². The molecule has 4 nitrogen and oxygen atoms in total. The molecule has 0 aromatic carbocycles. The third-order valence-electron chi connectivity index (χ3n) is 3.36. The van der Waals surface area contributed by atoms with Crippen molar-refractivity contribution in [2.45, 2.75) is 32.7 Å². The minimum Gasteiger partial charge on any atom is -0.310 e. The van der Waals surface area contributed by atoms with E-state index in [1.165, 1.54) is 16.8 Å². The second kappa shape index (κ2) is 6.48. The number of aryl methyl sites for hydroxylation is 3. The first-order valence-electron chi connectivity index (χ1n) is 6.82. The fourth-order valence-corrected chi connectivity index (χ4v) is 2.34. The number of pyridine rings is 1. The zero-order valence-electron chi connectivity index (χ0n) is 11.9. The Morgan fingerprint density at radius 1 is 1.37 bits per heavy atom. The minimum absolute atomic E-state index is 0.354. The molecule has 0 bridgehead atoms. The van der Waals surface area contributed by atoms with Gasteiger partial charge < -0.3 is 5.32 Å². The highest BCUT2D eigenvalue weighted by Crippen LogP contribution is 2.19. The second-order valence-electron chi connectivity index (χ2n) is 4.89. The van der Waals surface area contributed by atoms with Gasteiger partial charge in [-0.2, -0.15) is 5.10 Å². The van der Waals surface area contributed by atoms with Gasteiger partial charge in [0.2, 0.25) is 0 Å². The average molecular weight is 258 g/mol. The highest BCUT2D eigenvalue weighted by atomic mass is 15.2. The molecule has 1 atom stereocenters. The first kappa shape index (κ1) is 13.7. The van der Waals surface area contributed by atoms with E-state index < -0.39 is 0 Å². The lowest BCUT2D eigenvalue weighted by Gasteiger charge is -2.18. The molecule has 0 saturated heterocycles. The van der Waals surface area contributed by atoms with Crippen LogP contribution in [-0.4, -0.2) is 21.3 Å². The summed E-state index contributed by atoms with van der Waals surface area (Å²) < 4.78 is 1.94. The number of nitrogens with one attached hydrogen (secondary N) is 1. The monoisotopic (exact) mass is 258 g/mol. The van der Waals surface area contributed by atoms with Crippen molar-refractivity contribution in [1.82, 2.24) is 20.1 Å². The van der Waals surface area contributed by atoms with Crippen LogP contribution < -0.4 is 5.32 Å². The molecule has 0 radical (unpaired) electrons. The van der Waals surface area contributed by atoms with Crippen molar-refractivity contribution < 1.29 is 0 Å². The molecule has 0 aliphatic heterocycles. The molecular weight excluding hydrogens is 236 g/mol. The summed E-state index contributed by atoms with van der Waals surface area (Å²) in [5.41, 5.74) is 3.74. The van der Waals surface area contributed by atoms with Crippen LogP contribution in [0.1, 0.15) is 36.2 Å². The van der Waals surface area contributed by atoms with E-state index in [2.05, 4.69) is 41.4 Å². The lowest BCUT2D eigenvalue weighted by atomic mass is 10.0. The van der Waals surface area contributed by atoms with Crippen molar-refractivity contribution in [3.05, 3.63) is 47.5 Å². The van der Waals surface area contributed by atoms with E-state index in [1.807, 2.05) is 30.3 Å². The van der Waals surface area contributed by atoms with Gasteiger partial charge in [0, 0.05) is 37.4 Å². The molecule has 1 unspecified atom stereocenters. The van der Waals surface area contributed by atoms with Crippen molar-refractivity contribution in [2.75, 3.05) is 6.54 Å². The average Bonchev–Trinajstić information content (AvgIpc) is 2.80. The lowest BCUT2D eigenvalue weighted by molar-refractivity contribution is 0.504. The molecule has 1 N–H and O–H groups in total. The predicted molar refractivity (Wildman–Crippen MR) is 76.9 cm³/mol. The van der Waals surface area contributed by atoms with Gasteiger partial charge in [0.1, 0.15) is 0 Å². The molecule has 0 aliphatic carbocycles. The zero-order chi connectivity index (χ0) is 13.7. The third kappa shape index (κ3) is 3.64. The Labute approximate surface area is 114 Å². The van der Waals surface area contributed by atoms with E-state index in [0.29, 0.717) is 6.04 Å². The summed E-state index contributed by atoms with van der Waals surface area (Å²) in [6.07, 6.45) is 7.78. The molecule has 0 amide bonds. The summed E-state index contributed by atoms with van der Waals surface area (Å²) in [6, 6.07) is 4.65. The number of hydrogen-bond donors (Lipinski definition) is 1. The Bertz CT molecular complexity index is 518. The van der Waals surface area contributed by atoms with Crippen LogP contribution in [0.3, 0.4) is 0 Å². The van der Waals surface area contributed by atoms with Crippen LogP contribution in [0.25, 0.3) is 0 Å². The van der Waals surface area contributed by atoms with Gasteiger partial charge in [-0.3, -0.25) is 9.67 Å². The Morgan fingerprint density at radius 2 is 2.21 bits per heavy atom. The quantitative estimate of drug-likeness (QED) is 0.865. The lowest BCUT2D eigenvalue weighted by Crippen LogP contribution is -2.22. The summed E-state index contributed by atoms with van der Waals surface area (Å²) in [5, 5.41) is 7.75. The molecule has 4 heteroatoms. The van der Waals surface area contributed by atoms with E-state index in [0.717, 1.165) is 19.4 Å². The van der Waals surface area contributed by atoms with Crippen LogP contribution in [0.2, 0.25) is 0 Å². The molecule has 0 fully saturated rings. The predicted octanol–water partition coefficient (Wildman–Crippen LogP) is 2.41. The van der Waals surface area contributed by atoms with Crippen molar-refractivity contribution in [1.29, 1.82) is 0 Å². The first-order valence-corrected chi connectivity index (χ1v) is 6.82. The maximum Gasteiger partial charge on any atom is 0.0492 e. The molecule has 2 heterocycles. The van der Waals surface area contributed by atoms with Gasteiger partial charge >= 0.3 is 0 Å². The van der Waals surface area contributed by atoms with Crippen molar-refractivity contribution in [2.24, 2.45) is 7.05 Å². The maximum absolute atomic E-state index is 4.29. The first-order chi connectivity index (χ1) is 9.20. The largest absolute Gasteiger partial charge is 0.310 e. The number of hydrogen-bond acceptors (Lipinski definition) is 3. The van der Waals surface area contributed by atoms with Gasteiger partial charge in [0.25, 0.3) is 0 Å². The topological polar surface area (TPSA) is 42.7 Å². The summed E-state index contributed by atoms with van der Waals surface area (Å²) in [4.78, 5) is 4.29. The minimum atomic E-state index is 0.354. The fraction of sp³-hybridized carbons (Fsp3) is 0.467. The van der Waals surface area contributed by atoms with Crippen LogP contribution in [0.15, 0.2) is 30.7 Å². The van der Waals surface area contributed by atoms with Crippen molar-refractivity contribution >= 4 is 0 Å². The highest BCUT2D eigenvalue weighted by Gasteiger charge is 2.12. The van der Waals surface area contributed by atoms with Gasteiger partial charge in [-0.1, -0.05) is 13.0 Å². The molecular formula is C15H22N4. The normalized spacial score (nSPS) is 12.6. The Balaban J connectivity index is 2.06. The van der Waals surface area contributed by atoms with Gasteiger partial charge in [-0.15, -0.1) is 0 Å². The second-order valence-corrected chi connectivity index (χ2v) is 4.89. The summed E-state index contributed by atoms with van der Waals surface area (Å²) in [7, 11) is 1.99. The highest BCUT2D eigenvalue weighted by molar-refractivity contribution is 5.20. The smallest absolute Gasteiger partial charge is 0.0492 e. The van der Waals surface area contributed by atoms with Crippen LogP contribution in [-0.2, 0) is 13.5 Å². The number of nitrogens with zero attached hydrogens (tertiary/aromatic N) is 3. The third-order valence-corrected chi connectivity index (χ3v) is 3.36. The van der Waals surface area contributed by atoms with Crippen LogP contribution in [0.5, 0.6) is 0 Å². The van der Waals surface area contributed by atoms with Crippen molar-refractivity contribution in [3.63, 3.8) is 0 Å². The molecule has 19 heavy (non-hydrogen) atoms. The Hall–Kier alpha value is -1.68. The SMILES string of the molecule is CCNC(CCc1ccnn1C)c1cncc(C)c1. The van der Waals surface area contributed by atoms with Crippen LogP contribution in [0.4, 0.5) is 0 Å². The Kier molecular flexibility index (Phi) is 4.68. The van der Waals surface area contributed by atoms with Gasteiger partial charge in [0.15, 0.2) is 0 Å². The van der Waals surface area contributed by atoms with E-state index in [4.69, 9.17) is 0 Å². The zero-order valence-corrected chi connectivity index (χ0v) is 11.9. The summed E-state index contributed by atoms with van der Waals surface area (Å²) in [6.45, 7) is 5.19. The molecule has 0 aliphatic rings. The van der Waals surface area contributed by atoms with Crippen LogP contribution in [0, 0.1) is 6.92 Å². The molecule has 0 spiro atoms. The van der Waals surface area contributed by atoms with Crippen molar-refractivity contribution in [3.8, 4) is 0 Å². The fourth-order valence-electron chi connectivity index (χ4n) is 2.34. The molecule has 2 aromatic heterocycles. The molecule has 2 aromatic rings. The molecule has 102 valence electrons. The Morgan fingerprint density at radius 3 is 2.84 bits per heavy atom. The van der Waals surface area contributed by atoms with E-state index in [-0.39, 0.29) is 0 Å². The number of aromatic nitrogens is 3. The van der Waals surface area contributed by atoms with Gasteiger partial charge in [-0.05, 0) is 43.5 Å². The summed E-state index contributed by atoms with van der Waals surface area (Å²) >= 11 is 0.